The van der Waals surface area contributed by atoms with Crippen LogP contribution in [0.1, 0.15) is 25.0 Å². The van der Waals surface area contributed by atoms with Crippen molar-refractivity contribution < 1.29 is 0 Å². The van der Waals surface area contributed by atoms with Gasteiger partial charge in [-0.05, 0) is 43.0 Å². The first-order chi connectivity index (χ1) is 8.88. The number of aryl methyl sites for hydroxylation is 2. The summed E-state index contributed by atoms with van der Waals surface area (Å²) in [7, 11) is 1.88. The van der Waals surface area contributed by atoms with Gasteiger partial charge in [-0.25, -0.2) is 0 Å². The van der Waals surface area contributed by atoms with E-state index in [1.165, 1.54) is 0 Å². The molecule has 0 aliphatic heterocycles. The molecule has 1 aromatic carbocycles. The van der Waals surface area contributed by atoms with Crippen molar-refractivity contribution >= 4 is 17.4 Å². The Morgan fingerprint density at radius 1 is 1.32 bits per heavy atom. The summed E-state index contributed by atoms with van der Waals surface area (Å²) in [4.78, 5) is 0. The Hall–Kier alpha value is -1.48. The number of anilines is 1. The number of aromatic nitrogens is 2. The third-order valence-electron chi connectivity index (χ3n) is 3.12. The van der Waals surface area contributed by atoms with Gasteiger partial charge in [-0.15, -0.1) is 0 Å². The maximum atomic E-state index is 6.14. The fourth-order valence-corrected chi connectivity index (χ4v) is 2.59. The second-order valence-corrected chi connectivity index (χ2v) is 5.89. The van der Waals surface area contributed by atoms with Gasteiger partial charge in [0.05, 0.1) is 5.69 Å². The van der Waals surface area contributed by atoms with Crippen LogP contribution in [-0.2, 0) is 13.5 Å². The zero-order valence-electron chi connectivity index (χ0n) is 11.9. The molecule has 0 amide bonds. The van der Waals surface area contributed by atoms with Crippen molar-refractivity contribution in [3.8, 4) is 11.3 Å². The largest absolute Gasteiger partial charge is 0.384 e. The Labute approximate surface area is 119 Å². The van der Waals surface area contributed by atoms with E-state index in [0.717, 1.165) is 39.6 Å². The number of rotatable bonds is 3. The molecule has 4 heteroatoms. The Kier molecular flexibility index (Phi) is 3.85. The number of nitrogens with two attached hydrogens (primary N) is 1. The third-order valence-corrected chi connectivity index (χ3v) is 3.34. The number of nitrogens with zero attached hydrogens (tertiary/aromatic N) is 2. The van der Waals surface area contributed by atoms with Crippen molar-refractivity contribution in [1.29, 1.82) is 0 Å². The van der Waals surface area contributed by atoms with Crippen LogP contribution in [0.2, 0.25) is 5.02 Å². The van der Waals surface area contributed by atoms with Crippen LogP contribution in [0.15, 0.2) is 18.2 Å². The quantitative estimate of drug-likeness (QED) is 0.927. The summed E-state index contributed by atoms with van der Waals surface area (Å²) in [6, 6.07) is 5.98. The molecule has 0 saturated heterocycles. The molecule has 2 rings (SSSR count). The lowest BCUT2D eigenvalue weighted by molar-refractivity contribution is 0.648. The van der Waals surface area contributed by atoms with Crippen LogP contribution in [0.5, 0.6) is 0 Å². The van der Waals surface area contributed by atoms with Gasteiger partial charge in [0.1, 0.15) is 5.82 Å². The molecule has 2 N–H and O–H groups in total. The normalized spacial score (nSPS) is 11.3. The molecule has 0 bridgehead atoms. The number of benzene rings is 1. The van der Waals surface area contributed by atoms with Gasteiger partial charge in [-0.3, -0.25) is 4.68 Å². The summed E-state index contributed by atoms with van der Waals surface area (Å²) in [6.07, 6.45) is 0.917. The highest BCUT2D eigenvalue weighted by atomic mass is 35.5. The second kappa shape index (κ2) is 5.25. The van der Waals surface area contributed by atoms with Gasteiger partial charge in [0, 0.05) is 23.2 Å². The summed E-state index contributed by atoms with van der Waals surface area (Å²) in [5.74, 6) is 1.27. The van der Waals surface area contributed by atoms with Crippen LogP contribution in [0.3, 0.4) is 0 Å². The average Bonchev–Trinajstić information content (AvgIpc) is 2.55. The van der Waals surface area contributed by atoms with Gasteiger partial charge in [0.2, 0.25) is 0 Å². The van der Waals surface area contributed by atoms with Crippen LogP contribution >= 0.6 is 11.6 Å². The van der Waals surface area contributed by atoms with E-state index in [4.69, 9.17) is 17.3 Å². The maximum Gasteiger partial charge on any atom is 0.125 e. The van der Waals surface area contributed by atoms with E-state index in [9.17, 15) is 0 Å². The van der Waals surface area contributed by atoms with Crippen molar-refractivity contribution in [2.75, 3.05) is 5.73 Å². The summed E-state index contributed by atoms with van der Waals surface area (Å²) < 4.78 is 1.74. The zero-order chi connectivity index (χ0) is 14.2. The van der Waals surface area contributed by atoms with E-state index in [1.807, 2.05) is 26.1 Å². The highest BCUT2D eigenvalue weighted by molar-refractivity contribution is 6.30. The molecule has 0 unspecified atom stereocenters. The number of hydrogen-bond donors (Lipinski definition) is 1. The summed E-state index contributed by atoms with van der Waals surface area (Å²) in [5, 5.41) is 5.28. The second-order valence-electron chi connectivity index (χ2n) is 5.45. The van der Waals surface area contributed by atoms with Crippen LogP contribution in [0.25, 0.3) is 11.3 Å². The van der Waals surface area contributed by atoms with E-state index < -0.39 is 0 Å². The van der Waals surface area contributed by atoms with Crippen LogP contribution < -0.4 is 5.73 Å². The molecular weight excluding hydrogens is 258 g/mol. The molecule has 1 heterocycles. The SMILES string of the molecule is Cc1cc(Cl)cc(-c2nn(C)c(N)c2CC(C)C)c1. The Morgan fingerprint density at radius 3 is 2.58 bits per heavy atom. The predicted octanol–water partition coefficient (Wildman–Crippen LogP) is 3.83. The van der Waals surface area contributed by atoms with Crippen LogP contribution in [0, 0.1) is 12.8 Å². The average molecular weight is 278 g/mol. The van der Waals surface area contributed by atoms with Crippen molar-refractivity contribution in [1.82, 2.24) is 9.78 Å². The van der Waals surface area contributed by atoms with E-state index in [2.05, 4.69) is 25.0 Å². The predicted molar refractivity (Wildman–Crippen MR) is 81.3 cm³/mol. The highest BCUT2D eigenvalue weighted by Crippen LogP contribution is 2.31. The number of nitrogen functional groups attached to an aromatic ring is 1. The van der Waals surface area contributed by atoms with E-state index in [1.54, 1.807) is 4.68 Å². The number of hydrogen-bond acceptors (Lipinski definition) is 2. The summed E-state index contributed by atoms with van der Waals surface area (Å²) >= 11 is 6.14. The van der Waals surface area contributed by atoms with Gasteiger partial charge >= 0.3 is 0 Å². The Bertz CT molecular complexity index is 579. The highest BCUT2D eigenvalue weighted by Gasteiger charge is 2.17. The smallest absolute Gasteiger partial charge is 0.125 e. The van der Waals surface area contributed by atoms with Crippen LogP contribution in [0.4, 0.5) is 5.82 Å². The first-order valence-corrected chi connectivity index (χ1v) is 6.85. The minimum Gasteiger partial charge on any atom is -0.384 e. The Morgan fingerprint density at radius 2 is 2.00 bits per heavy atom. The standard InChI is InChI=1S/C15H20ClN3/c1-9(2)5-13-14(18-19(4)15(13)17)11-6-10(3)7-12(16)8-11/h6-9H,5,17H2,1-4H3. The monoisotopic (exact) mass is 277 g/mol. The molecule has 0 fully saturated rings. The Balaban J connectivity index is 2.57. The first kappa shape index (κ1) is 13.9. The fourth-order valence-electron chi connectivity index (χ4n) is 2.30. The molecule has 0 radical (unpaired) electrons. The molecule has 0 spiro atoms. The van der Waals surface area contributed by atoms with Crippen molar-refractivity contribution in [3.05, 3.63) is 34.3 Å². The van der Waals surface area contributed by atoms with Gasteiger partial charge in [0.15, 0.2) is 0 Å². The molecule has 0 aliphatic rings. The lowest BCUT2D eigenvalue weighted by Crippen LogP contribution is -2.02. The van der Waals surface area contributed by atoms with Gasteiger partial charge < -0.3 is 5.73 Å². The molecule has 2 aromatic rings. The third kappa shape index (κ3) is 2.92. The van der Waals surface area contributed by atoms with Crippen molar-refractivity contribution in [2.45, 2.75) is 27.2 Å². The molecule has 0 atom stereocenters. The minimum atomic E-state index is 0.533. The lowest BCUT2D eigenvalue weighted by atomic mass is 9.98. The molecule has 0 aliphatic carbocycles. The minimum absolute atomic E-state index is 0.533. The summed E-state index contributed by atoms with van der Waals surface area (Å²) in [5.41, 5.74) is 10.3. The lowest BCUT2D eigenvalue weighted by Gasteiger charge is -2.08. The number of halogens is 1. The summed E-state index contributed by atoms with van der Waals surface area (Å²) in [6.45, 7) is 6.39. The molecule has 3 nitrogen and oxygen atoms in total. The zero-order valence-corrected chi connectivity index (χ0v) is 12.6. The van der Waals surface area contributed by atoms with E-state index >= 15 is 0 Å². The van der Waals surface area contributed by atoms with Crippen molar-refractivity contribution in [3.63, 3.8) is 0 Å². The van der Waals surface area contributed by atoms with Gasteiger partial charge in [-0.1, -0.05) is 25.4 Å². The molecule has 0 saturated carbocycles. The van der Waals surface area contributed by atoms with E-state index in [-0.39, 0.29) is 0 Å². The van der Waals surface area contributed by atoms with E-state index in [0.29, 0.717) is 5.92 Å². The molecule has 102 valence electrons. The molecule has 1 aromatic heterocycles. The van der Waals surface area contributed by atoms with Crippen LogP contribution in [-0.4, -0.2) is 9.78 Å². The van der Waals surface area contributed by atoms with Gasteiger partial charge in [0.25, 0.3) is 0 Å². The topological polar surface area (TPSA) is 43.8 Å². The maximum absolute atomic E-state index is 6.14. The van der Waals surface area contributed by atoms with Crippen molar-refractivity contribution in [2.24, 2.45) is 13.0 Å². The molecular formula is C15H20ClN3. The fraction of sp³-hybridized carbons (Fsp3) is 0.400. The first-order valence-electron chi connectivity index (χ1n) is 6.47. The van der Waals surface area contributed by atoms with Gasteiger partial charge in [-0.2, -0.15) is 5.10 Å². The molecule has 19 heavy (non-hydrogen) atoms.